The van der Waals surface area contributed by atoms with E-state index >= 15 is 0 Å². The first-order valence-electron chi connectivity index (χ1n) is 10.0. The van der Waals surface area contributed by atoms with Crippen molar-refractivity contribution in [2.75, 3.05) is 13.2 Å². The quantitative estimate of drug-likeness (QED) is 0.353. The van der Waals surface area contributed by atoms with E-state index in [1.54, 1.807) is 13.8 Å². The van der Waals surface area contributed by atoms with Gasteiger partial charge in [-0.15, -0.1) is 0 Å². The minimum absolute atomic E-state index is 0.00898. The average molecular weight is 397 g/mol. The number of allylic oxidation sites excluding steroid dienone is 1. The topological polar surface area (TPSA) is 93.1 Å². The highest BCUT2D eigenvalue weighted by atomic mass is 16.5. The number of hydrogen-bond donors (Lipinski definition) is 2. The molecule has 160 valence electrons. The molecule has 0 bridgehead atoms. The summed E-state index contributed by atoms with van der Waals surface area (Å²) in [5.74, 6) is -0.480. The zero-order valence-corrected chi connectivity index (χ0v) is 17.9. The molecule has 28 heavy (non-hydrogen) atoms. The Labute approximate surface area is 168 Å². The van der Waals surface area contributed by atoms with E-state index in [9.17, 15) is 19.8 Å². The van der Waals surface area contributed by atoms with Crippen LogP contribution in [-0.2, 0) is 19.1 Å². The molecule has 1 saturated heterocycles. The fourth-order valence-electron chi connectivity index (χ4n) is 3.08. The third kappa shape index (κ3) is 9.13. The summed E-state index contributed by atoms with van der Waals surface area (Å²) < 4.78 is 10.9. The normalized spacial score (nSPS) is 26.2. The molecule has 1 aliphatic heterocycles. The van der Waals surface area contributed by atoms with Crippen molar-refractivity contribution in [3.8, 4) is 0 Å². The van der Waals surface area contributed by atoms with Crippen molar-refractivity contribution >= 4 is 11.8 Å². The predicted molar refractivity (Wildman–Crippen MR) is 108 cm³/mol. The van der Waals surface area contributed by atoms with Crippen LogP contribution in [-0.4, -0.2) is 52.5 Å². The maximum absolute atomic E-state index is 12.1. The fraction of sp³-hybridized carbons (Fsp3) is 0.727. The van der Waals surface area contributed by atoms with Crippen LogP contribution in [0.2, 0.25) is 0 Å². The van der Waals surface area contributed by atoms with Gasteiger partial charge in [-0.1, -0.05) is 13.0 Å². The van der Waals surface area contributed by atoms with Crippen molar-refractivity contribution < 1.29 is 29.3 Å². The third-order valence-corrected chi connectivity index (χ3v) is 5.14. The highest BCUT2D eigenvalue weighted by Crippen LogP contribution is 2.31. The maximum atomic E-state index is 12.1. The van der Waals surface area contributed by atoms with Crippen LogP contribution < -0.4 is 0 Å². The molecule has 3 unspecified atom stereocenters. The second kappa shape index (κ2) is 10.9. The van der Waals surface area contributed by atoms with Gasteiger partial charge in [0.25, 0.3) is 0 Å². The van der Waals surface area contributed by atoms with Crippen LogP contribution in [0.25, 0.3) is 0 Å². The molecule has 1 fully saturated rings. The molecule has 1 aliphatic rings. The van der Waals surface area contributed by atoms with Crippen LogP contribution >= 0.6 is 0 Å². The van der Waals surface area contributed by atoms with E-state index in [0.29, 0.717) is 32.3 Å². The van der Waals surface area contributed by atoms with Gasteiger partial charge in [-0.25, -0.2) is 0 Å². The largest absolute Gasteiger partial charge is 0.462 e. The molecule has 6 heteroatoms. The van der Waals surface area contributed by atoms with E-state index in [0.717, 1.165) is 12.0 Å². The van der Waals surface area contributed by atoms with Crippen LogP contribution in [0, 0.1) is 5.92 Å². The first-order valence-corrected chi connectivity index (χ1v) is 10.0. The minimum Gasteiger partial charge on any atom is -0.462 e. The zero-order valence-electron chi connectivity index (χ0n) is 17.9. The lowest BCUT2D eigenvalue weighted by molar-refractivity contribution is -0.139. The Balaban J connectivity index is 2.52. The van der Waals surface area contributed by atoms with Crippen LogP contribution in [0.15, 0.2) is 23.8 Å². The first kappa shape index (κ1) is 24.5. The summed E-state index contributed by atoms with van der Waals surface area (Å²) in [6, 6.07) is 0. The van der Waals surface area contributed by atoms with Gasteiger partial charge in [-0.2, -0.15) is 0 Å². The van der Waals surface area contributed by atoms with Gasteiger partial charge in [0, 0.05) is 12.8 Å². The van der Waals surface area contributed by atoms with Crippen molar-refractivity contribution in [2.24, 2.45) is 5.92 Å². The number of aliphatic hydroxyl groups is 2. The summed E-state index contributed by atoms with van der Waals surface area (Å²) in [4.78, 5) is 23.0. The Bertz CT molecular complexity index is 586. The molecule has 6 nitrogen and oxygen atoms in total. The SMILES string of the molecule is CC(=O)OC/C=C1\CCC(O)C(C)(CCCC(C)C(=O)/C=C/C(C)(C)O)OC1. The molecule has 0 amide bonds. The smallest absolute Gasteiger partial charge is 0.302 e. The van der Waals surface area contributed by atoms with Crippen molar-refractivity contribution in [1.82, 2.24) is 0 Å². The van der Waals surface area contributed by atoms with E-state index in [4.69, 9.17) is 9.47 Å². The summed E-state index contributed by atoms with van der Waals surface area (Å²) in [5.41, 5.74) is -0.644. The lowest BCUT2D eigenvalue weighted by Crippen LogP contribution is -2.41. The van der Waals surface area contributed by atoms with Crippen LogP contribution in [0.5, 0.6) is 0 Å². The van der Waals surface area contributed by atoms with Gasteiger partial charge in [0.1, 0.15) is 6.61 Å². The van der Waals surface area contributed by atoms with Gasteiger partial charge in [0.15, 0.2) is 5.78 Å². The van der Waals surface area contributed by atoms with E-state index in [2.05, 4.69) is 0 Å². The summed E-state index contributed by atoms with van der Waals surface area (Å²) in [6.07, 6.45) is 7.60. The monoisotopic (exact) mass is 396 g/mol. The summed E-state index contributed by atoms with van der Waals surface area (Å²) >= 11 is 0. The second-order valence-electron chi connectivity index (χ2n) is 8.50. The molecule has 0 aliphatic carbocycles. The number of hydrogen-bond acceptors (Lipinski definition) is 6. The molecule has 1 rings (SSSR count). The zero-order chi connectivity index (χ0) is 21.4. The number of rotatable bonds is 9. The van der Waals surface area contributed by atoms with Crippen molar-refractivity contribution in [3.05, 3.63) is 23.8 Å². The van der Waals surface area contributed by atoms with Gasteiger partial charge < -0.3 is 19.7 Å². The Hall–Kier alpha value is -1.50. The predicted octanol–water partition coefficient (Wildman–Crippen LogP) is 3.11. The number of esters is 1. The lowest BCUT2D eigenvalue weighted by Gasteiger charge is -2.33. The highest BCUT2D eigenvalue weighted by Gasteiger charge is 2.36. The van der Waals surface area contributed by atoms with Gasteiger partial charge in [0.2, 0.25) is 0 Å². The first-order chi connectivity index (χ1) is 12.9. The highest BCUT2D eigenvalue weighted by molar-refractivity contribution is 5.91. The molecular formula is C22H36O6. The van der Waals surface area contributed by atoms with Gasteiger partial charge in [-0.3, -0.25) is 9.59 Å². The molecule has 0 aromatic carbocycles. The van der Waals surface area contributed by atoms with Crippen molar-refractivity contribution in [2.45, 2.75) is 84.0 Å². The van der Waals surface area contributed by atoms with Gasteiger partial charge in [0.05, 0.1) is 23.9 Å². The molecule has 0 saturated carbocycles. The molecule has 2 N–H and O–H groups in total. The Morgan fingerprint density at radius 1 is 1.43 bits per heavy atom. The summed E-state index contributed by atoms with van der Waals surface area (Å²) in [5, 5.41) is 20.2. The number of carbonyl (C=O) groups is 2. The third-order valence-electron chi connectivity index (χ3n) is 5.14. The average Bonchev–Trinajstić information content (AvgIpc) is 2.72. The number of carbonyl (C=O) groups excluding carboxylic acids is 2. The van der Waals surface area contributed by atoms with Crippen LogP contribution in [0.1, 0.15) is 66.7 Å². The minimum atomic E-state index is -0.998. The number of aliphatic hydroxyl groups excluding tert-OH is 1. The second-order valence-corrected chi connectivity index (χ2v) is 8.50. The van der Waals surface area contributed by atoms with Crippen molar-refractivity contribution in [3.63, 3.8) is 0 Å². The summed E-state index contributed by atoms with van der Waals surface area (Å²) in [6.45, 7) is 9.03. The fourth-order valence-corrected chi connectivity index (χ4v) is 3.08. The van der Waals surface area contributed by atoms with Gasteiger partial charge >= 0.3 is 5.97 Å². The van der Waals surface area contributed by atoms with E-state index in [-0.39, 0.29) is 24.3 Å². The van der Waals surface area contributed by atoms with E-state index < -0.39 is 17.3 Å². The molecule has 0 aromatic rings. The molecule has 1 heterocycles. The Morgan fingerprint density at radius 2 is 2.11 bits per heavy atom. The van der Waals surface area contributed by atoms with E-state index in [1.807, 2.05) is 19.9 Å². The van der Waals surface area contributed by atoms with Gasteiger partial charge in [-0.05, 0) is 70.6 Å². The molecule has 3 atom stereocenters. The Morgan fingerprint density at radius 3 is 2.71 bits per heavy atom. The summed E-state index contributed by atoms with van der Waals surface area (Å²) in [7, 11) is 0. The molecule has 0 aromatic heterocycles. The van der Waals surface area contributed by atoms with Crippen molar-refractivity contribution in [1.29, 1.82) is 0 Å². The molecule has 0 spiro atoms. The number of ketones is 1. The standard InChI is InChI=1S/C22H36O6/c1-16(19(24)10-13-21(3,4)26)7-6-12-22(5)20(25)9-8-18(15-28-22)11-14-27-17(2)23/h10-11,13,16,20,25-26H,6-9,12,14-15H2,1-5H3/b13-10+,18-11+. The molecule has 0 radical (unpaired) electrons. The van der Waals surface area contributed by atoms with E-state index in [1.165, 1.54) is 19.1 Å². The number of ether oxygens (including phenoxy) is 2. The van der Waals surface area contributed by atoms with Crippen LogP contribution in [0.4, 0.5) is 0 Å². The molecular weight excluding hydrogens is 360 g/mol. The Kier molecular flexibility index (Phi) is 9.54. The maximum Gasteiger partial charge on any atom is 0.302 e. The lowest BCUT2D eigenvalue weighted by atomic mass is 9.87. The van der Waals surface area contributed by atoms with Crippen LogP contribution in [0.3, 0.4) is 0 Å².